The lowest BCUT2D eigenvalue weighted by Gasteiger charge is -2.45. The molecular formula is C20H29N3Si. The zero-order valence-electron chi connectivity index (χ0n) is 14.9. The molecule has 1 N–H and O–H groups in total. The van der Waals surface area contributed by atoms with E-state index in [2.05, 4.69) is 58.3 Å². The highest BCUT2D eigenvalue weighted by Crippen LogP contribution is 2.53. The molecule has 3 unspecified atom stereocenters. The van der Waals surface area contributed by atoms with Gasteiger partial charge in [0.25, 0.3) is 0 Å². The van der Waals surface area contributed by atoms with Gasteiger partial charge in [-0.15, -0.1) is 0 Å². The number of rotatable bonds is 3. The van der Waals surface area contributed by atoms with Crippen LogP contribution < -0.4 is 5.32 Å². The van der Waals surface area contributed by atoms with Crippen LogP contribution in [-0.2, 0) is 0 Å². The van der Waals surface area contributed by atoms with E-state index < -0.39 is 8.24 Å². The first-order valence-electron chi connectivity index (χ1n) is 9.43. The number of fused-ring (bicyclic) bond motifs is 1. The molecule has 3 aliphatic rings. The van der Waals surface area contributed by atoms with E-state index in [9.17, 15) is 0 Å². The second kappa shape index (κ2) is 6.58. The topological polar surface area (TPSA) is 28.2 Å². The van der Waals surface area contributed by atoms with E-state index in [1.54, 1.807) is 0 Å². The number of allylic oxidation sites excluding steroid dienone is 4. The second-order valence-electron chi connectivity index (χ2n) is 7.98. The van der Waals surface area contributed by atoms with Crippen molar-refractivity contribution in [2.24, 2.45) is 11.8 Å². The van der Waals surface area contributed by atoms with Crippen molar-refractivity contribution in [1.29, 1.82) is 0 Å². The largest absolute Gasteiger partial charge is 0.321 e. The van der Waals surface area contributed by atoms with E-state index in [0.29, 0.717) is 11.8 Å². The Morgan fingerprint density at radius 1 is 1.17 bits per heavy atom. The van der Waals surface area contributed by atoms with Gasteiger partial charge in [-0.25, -0.2) is 0 Å². The number of nitrogens with one attached hydrogen (secondary N) is 1. The lowest BCUT2D eigenvalue weighted by molar-refractivity contribution is 0.347. The Kier molecular flexibility index (Phi) is 4.46. The molecule has 0 spiro atoms. The van der Waals surface area contributed by atoms with Crippen molar-refractivity contribution >= 4 is 13.8 Å². The molecule has 2 fully saturated rings. The molecule has 1 aromatic heterocycles. The molecule has 0 amide bonds. The third kappa shape index (κ3) is 2.81. The Morgan fingerprint density at radius 3 is 2.75 bits per heavy atom. The van der Waals surface area contributed by atoms with Crippen LogP contribution in [0.15, 0.2) is 42.6 Å². The van der Waals surface area contributed by atoms with Gasteiger partial charge in [0.1, 0.15) is 8.24 Å². The van der Waals surface area contributed by atoms with E-state index in [-0.39, 0.29) is 0 Å². The van der Waals surface area contributed by atoms with Gasteiger partial charge in [0.05, 0.1) is 5.69 Å². The Hall–Kier alpha value is -1.23. The summed E-state index contributed by atoms with van der Waals surface area (Å²) in [4.78, 5) is 4.63. The SMILES string of the molecule is C[Si](C)(C1CCC2C(c3ccccn3)=CC=CC21)N1CCNCC1. The van der Waals surface area contributed by atoms with Crippen molar-refractivity contribution in [3.8, 4) is 0 Å². The first kappa shape index (κ1) is 16.2. The van der Waals surface area contributed by atoms with Crippen LogP contribution in [-0.4, -0.2) is 44.0 Å². The second-order valence-corrected chi connectivity index (χ2v) is 12.7. The van der Waals surface area contributed by atoms with Crippen molar-refractivity contribution in [2.45, 2.75) is 31.5 Å². The first-order chi connectivity index (χ1) is 11.7. The Morgan fingerprint density at radius 2 is 2.00 bits per heavy atom. The molecule has 1 aliphatic heterocycles. The Balaban J connectivity index is 1.57. The van der Waals surface area contributed by atoms with Crippen molar-refractivity contribution in [3.63, 3.8) is 0 Å². The summed E-state index contributed by atoms with van der Waals surface area (Å²) in [6.07, 6.45) is 11.7. The summed E-state index contributed by atoms with van der Waals surface area (Å²) < 4.78 is 2.85. The van der Waals surface area contributed by atoms with Crippen LogP contribution in [0.1, 0.15) is 18.5 Å². The third-order valence-electron chi connectivity index (χ3n) is 6.53. The van der Waals surface area contributed by atoms with Crippen LogP contribution in [0.25, 0.3) is 5.57 Å². The molecule has 2 heterocycles. The molecule has 3 atom stereocenters. The highest BCUT2D eigenvalue weighted by molar-refractivity contribution is 6.76. The highest BCUT2D eigenvalue weighted by Gasteiger charge is 2.48. The normalized spacial score (nSPS) is 30.9. The van der Waals surface area contributed by atoms with Gasteiger partial charge in [0.15, 0.2) is 0 Å². The summed E-state index contributed by atoms with van der Waals surface area (Å²) in [6, 6.07) is 6.30. The standard InChI is InChI=1S/C20H29N3Si/c1-24(2,23-14-12-21-13-15-23)20-10-9-16-17(6-5-7-18(16)20)19-8-3-4-11-22-19/h3-8,11,16,18,20-21H,9-10,12-15H2,1-2H3. The molecule has 4 rings (SSSR count). The molecule has 0 radical (unpaired) electrons. The van der Waals surface area contributed by atoms with E-state index in [1.807, 2.05) is 12.3 Å². The molecule has 1 aromatic rings. The summed E-state index contributed by atoms with van der Waals surface area (Å²) in [5, 5.41) is 3.51. The van der Waals surface area contributed by atoms with Crippen molar-refractivity contribution in [3.05, 3.63) is 48.3 Å². The number of nitrogens with zero attached hydrogens (tertiary/aromatic N) is 2. The third-order valence-corrected chi connectivity index (χ3v) is 11.1. The van der Waals surface area contributed by atoms with Crippen LogP contribution in [0.2, 0.25) is 18.6 Å². The zero-order chi connectivity index (χ0) is 16.6. The van der Waals surface area contributed by atoms with E-state index in [1.165, 1.54) is 37.2 Å². The van der Waals surface area contributed by atoms with Gasteiger partial charge in [0, 0.05) is 32.4 Å². The minimum absolute atomic E-state index is 0.671. The number of pyridine rings is 1. The first-order valence-corrected chi connectivity index (χ1v) is 12.5. The quantitative estimate of drug-likeness (QED) is 0.854. The van der Waals surface area contributed by atoms with Crippen molar-refractivity contribution in [2.75, 3.05) is 26.2 Å². The molecule has 0 aromatic carbocycles. The minimum Gasteiger partial charge on any atom is -0.321 e. The van der Waals surface area contributed by atoms with Crippen LogP contribution in [0.3, 0.4) is 0 Å². The van der Waals surface area contributed by atoms with Gasteiger partial charge in [-0.1, -0.05) is 43.8 Å². The van der Waals surface area contributed by atoms with Gasteiger partial charge in [-0.3, -0.25) is 4.98 Å². The maximum absolute atomic E-state index is 4.63. The number of hydrogen-bond donors (Lipinski definition) is 1. The average Bonchev–Trinajstić information content (AvgIpc) is 3.08. The lowest BCUT2D eigenvalue weighted by Crippen LogP contribution is -2.59. The van der Waals surface area contributed by atoms with Gasteiger partial charge < -0.3 is 9.88 Å². The predicted octanol–water partition coefficient (Wildman–Crippen LogP) is 3.54. The molecule has 2 aliphatic carbocycles. The zero-order valence-corrected chi connectivity index (χ0v) is 15.9. The number of piperazine rings is 1. The molecule has 3 nitrogen and oxygen atoms in total. The van der Waals surface area contributed by atoms with Gasteiger partial charge >= 0.3 is 0 Å². The summed E-state index contributed by atoms with van der Waals surface area (Å²) in [5.74, 6) is 1.38. The Labute approximate surface area is 146 Å². The molecule has 24 heavy (non-hydrogen) atoms. The number of aromatic nitrogens is 1. The van der Waals surface area contributed by atoms with E-state index in [4.69, 9.17) is 0 Å². The number of hydrogen-bond acceptors (Lipinski definition) is 3. The maximum atomic E-state index is 4.63. The monoisotopic (exact) mass is 339 g/mol. The maximum Gasteiger partial charge on any atom is 0.126 e. The predicted molar refractivity (Wildman–Crippen MR) is 103 cm³/mol. The van der Waals surface area contributed by atoms with Crippen LogP contribution in [0, 0.1) is 11.8 Å². The summed E-state index contributed by atoms with van der Waals surface area (Å²) in [6.45, 7) is 10.0. The molecule has 4 heteroatoms. The van der Waals surface area contributed by atoms with Gasteiger partial charge in [0.2, 0.25) is 0 Å². The minimum atomic E-state index is -1.41. The van der Waals surface area contributed by atoms with E-state index >= 15 is 0 Å². The van der Waals surface area contributed by atoms with Gasteiger partial charge in [-0.2, -0.15) is 0 Å². The average molecular weight is 340 g/mol. The fourth-order valence-corrected chi connectivity index (χ4v) is 9.18. The fourth-order valence-electron chi connectivity index (χ4n) is 5.18. The van der Waals surface area contributed by atoms with Crippen molar-refractivity contribution in [1.82, 2.24) is 14.9 Å². The van der Waals surface area contributed by atoms with Gasteiger partial charge in [-0.05, 0) is 41.5 Å². The van der Waals surface area contributed by atoms with E-state index in [0.717, 1.165) is 18.6 Å². The summed E-state index contributed by atoms with van der Waals surface area (Å²) in [5.41, 5.74) is 3.51. The highest BCUT2D eigenvalue weighted by atomic mass is 28.3. The molecule has 1 saturated carbocycles. The molecule has 1 saturated heterocycles. The van der Waals surface area contributed by atoms with Crippen LogP contribution in [0.5, 0.6) is 0 Å². The van der Waals surface area contributed by atoms with Crippen molar-refractivity contribution < 1.29 is 0 Å². The smallest absolute Gasteiger partial charge is 0.126 e. The Bertz CT molecular complexity index is 632. The fraction of sp³-hybridized carbons (Fsp3) is 0.550. The molecular weight excluding hydrogens is 310 g/mol. The summed E-state index contributed by atoms with van der Waals surface area (Å²) in [7, 11) is -1.41. The molecule has 0 bridgehead atoms. The lowest BCUT2D eigenvalue weighted by atomic mass is 9.83. The molecule has 128 valence electrons. The summed E-state index contributed by atoms with van der Waals surface area (Å²) >= 11 is 0. The van der Waals surface area contributed by atoms with Crippen LogP contribution >= 0.6 is 0 Å². The van der Waals surface area contributed by atoms with Crippen LogP contribution in [0.4, 0.5) is 0 Å².